The van der Waals surface area contributed by atoms with Crippen molar-refractivity contribution in [3.63, 3.8) is 0 Å². The molecule has 6 nitrogen and oxygen atoms in total. The van der Waals surface area contributed by atoms with Gasteiger partial charge in [-0.2, -0.15) is 0 Å². The van der Waals surface area contributed by atoms with E-state index < -0.39 is 0 Å². The van der Waals surface area contributed by atoms with E-state index in [1.165, 1.54) is 11.1 Å². The number of Topliss-reactive ketones (excluding diaryl/α,β-unsaturated/α-hetero) is 1. The van der Waals surface area contributed by atoms with Gasteiger partial charge in [-0.05, 0) is 42.7 Å². The average molecular weight is 408 g/mol. The lowest BCUT2D eigenvalue weighted by Crippen LogP contribution is -2.44. The molecule has 0 aromatic heterocycles. The van der Waals surface area contributed by atoms with E-state index >= 15 is 0 Å². The van der Waals surface area contributed by atoms with Gasteiger partial charge < -0.3 is 14.8 Å². The third-order valence-corrected chi connectivity index (χ3v) is 5.82. The van der Waals surface area contributed by atoms with Crippen LogP contribution >= 0.6 is 0 Å². The highest BCUT2D eigenvalue weighted by Gasteiger charge is 2.21. The lowest BCUT2D eigenvalue weighted by atomic mass is 9.99. The largest absolute Gasteiger partial charge is 0.486 e. The highest BCUT2D eigenvalue weighted by molar-refractivity contribution is 5.98. The highest BCUT2D eigenvalue weighted by Crippen LogP contribution is 2.31. The molecular formula is C24H28N2O4. The number of carbonyl (C=O) groups excluding carboxylic acids is 2. The molecule has 1 N–H and O–H groups in total. The van der Waals surface area contributed by atoms with Crippen LogP contribution in [0.2, 0.25) is 0 Å². The molecule has 2 aromatic carbocycles. The number of rotatable bonds is 7. The molecule has 4 rings (SSSR count). The van der Waals surface area contributed by atoms with Crippen LogP contribution in [0.4, 0.5) is 0 Å². The molecule has 30 heavy (non-hydrogen) atoms. The van der Waals surface area contributed by atoms with Crippen LogP contribution in [0.15, 0.2) is 42.5 Å². The first-order valence-electron chi connectivity index (χ1n) is 10.6. The summed E-state index contributed by atoms with van der Waals surface area (Å²) >= 11 is 0. The van der Waals surface area contributed by atoms with Crippen molar-refractivity contribution in [2.24, 2.45) is 0 Å². The maximum absolute atomic E-state index is 12.5. The Morgan fingerprint density at radius 3 is 2.63 bits per heavy atom. The van der Waals surface area contributed by atoms with Gasteiger partial charge in [-0.25, -0.2) is 0 Å². The molecule has 1 amide bonds. The molecule has 2 heterocycles. The van der Waals surface area contributed by atoms with Crippen LogP contribution < -0.4 is 14.8 Å². The molecule has 0 bridgehead atoms. The summed E-state index contributed by atoms with van der Waals surface area (Å²) in [6.45, 7) is 5.62. The maximum Gasteiger partial charge on any atom is 0.220 e. The molecule has 0 saturated heterocycles. The molecule has 158 valence electrons. The normalized spacial score (nSPS) is 16.4. The van der Waals surface area contributed by atoms with Crippen molar-refractivity contribution in [1.29, 1.82) is 0 Å². The quantitative estimate of drug-likeness (QED) is 0.714. The number of ether oxygens (including phenoxy) is 2. The number of fused-ring (bicyclic) bond motifs is 2. The minimum absolute atomic E-state index is 0.0668. The third-order valence-electron chi connectivity index (χ3n) is 5.82. The molecule has 0 fully saturated rings. The number of nitrogens with one attached hydrogen (secondary N) is 1. The van der Waals surface area contributed by atoms with Crippen LogP contribution in [0.1, 0.15) is 41.3 Å². The summed E-state index contributed by atoms with van der Waals surface area (Å²) in [6, 6.07) is 14.0. The van der Waals surface area contributed by atoms with Gasteiger partial charge in [0, 0.05) is 44.1 Å². The SMILES string of the molecule is CC(CNC(=O)CCC(=O)c1ccc2c(c1)OCCO2)N1CCc2ccccc2C1. The van der Waals surface area contributed by atoms with Gasteiger partial charge in [-0.3, -0.25) is 14.5 Å². The van der Waals surface area contributed by atoms with Crippen molar-refractivity contribution in [2.45, 2.75) is 38.8 Å². The number of hydrogen-bond acceptors (Lipinski definition) is 5. The first kappa shape index (κ1) is 20.4. The van der Waals surface area contributed by atoms with Crippen molar-refractivity contribution in [2.75, 3.05) is 26.3 Å². The van der Waals surface area contributed by atoms with Crippen LogP contribution in [0.3, 0.4) is 0 Å². The molecule has 2 aliphatic rings. The van der Waals surface area contributed by atoms with Gasteiger partial charge in [-0.1, -0.05) is 24.3 Å². The number of carbonyl (C=O) groups is 2. The average Bonchev–Trinajstić information content (AvgIpc) is 2.80. The van der Waals surface area contributed by atoms with Gasteiger partial charge in [0.15, 0.2) is 17.3 Å². The van der Waals surface area contributed by atoms with Gasteiger partial charge in [0.25, 0.3) is 0 Å². The van der Waals surface area contributed by atoms with E-state index in [1.807, 2.05) is 0 Å². The number of amides is 1. The Hall–Kier alpha value is -2.86. The van der Waals surface area contributed by atoms with E-state index in [9.17, 15) is 9.59 Å². The van der Waals surface area contributed by atoms with Crippen molar-refractivity contribution >= 4 is 11.7 Å². The summed E-state index contributed by atoms with van der Waals surface area (Å²) in [4.78, 5) is 27.1. The Morgan fingerprint density at radius 1 is 1.03 bits per heavy atom. The molecule has 1 atom stereocenters. The monoisotopic (exact) mass is 408 g/mol. The van der Waals surface area contributed by atoms with E-state index in [0.29, 0.717) is 36.8 Å². The minimum Gasteiger partial charge on any atom is -0.486 e. The molecule has 6 heteroatoms. The fraction of sp³-hybridized carbons (Fsp3) is 0.417. The van der Waals surface area contributed by atoms with Crippen LogP contribution in [0.25, 0.3) is 0 Å². The topological polar surface area (TPSA) is 67.9 Å². The zero-order valence-corrected chi connectivity index (χ0v) is 17.4. The third kappa shape index (κ3) is 4.82. The summed E-state index contributed by atoms with van der Waals surface area (Å²) in [5.41, 5.74) is 3.34. The highest BCUT2D eigenvalue weighted by atomic mass is 16.6. The van der Waals surface area contributed by atoms with Crippen LogP contribution in [-0.2, 0) is 17.8 Å². The second-order valence-electron chi connectivity index (χ2n) is 7.92. The minimum atomic E-state index is -0.0925. The summed E-state index contributed by atoms with van der Waals surface area (Å²) in [5.74, 6) is 1.09. The lowest BCUT2D eigenvalue weighted by molar-refractivity contribution is -0.121. The van der Waals surface area contributed by atoms with E-state index in [2.05, 4.69) is 41.4 Å². The number of nitrogens with zero attached hydrogens (tertiary/aromatic N) is 1. The Bertz CT molecular complexity index is 927. The molecule has 2 aromatic rings. The van der Waals surface area contributed by atoms with Crippen molar-refractivity contribution in [3.05, 3.63) is 59.2 Å². The van der Waals surface area contributed by atoms with Crippen molar-refractivity contribution in [3.8, 4) is 11.5 Å². The first-order valence-corrected chi connectivity index (χ1v) is 10.6. The molecule has 2 aliphatic heterocycles. The second kappa shape index (κ2) is 9.30. The van der Waals surface area contributed by atoms with Crippen LogP contribution in [0, 0.1) is 0 Å². The van der Waals surface area contributed by atoms with Crippen LogP contribution in [0.5, 0.6) is 11.5 Å². The summed E-state index contributed by atoms with van der Waals surface area (Å²) in [6.07, 6.45) is 1.40. The van der Waals surface area contributed by atoms with E-state index in [1.54, 1.807) is 18.2 Å². The second-order valence-corrected chi connectivity index (χ2v) is 7.92. The predicted molar refractivity (Wildman–Crippen MR) is 114 cm³/mol. The Labute approximate surface area is 177 Å². The van der Waals surface area contributed by atoms with Gasteiger partial charge in [0.1, 0.15) is 13.2 Å². The number of hydrogen-bond donors (Lipinski definition) is 1. The number of benzene rings is 2. The Morgan fingerprint density at radius 2 is 1.80 bits per heavy atom. The smallest absolute Gasteiger partial charge is 0.220 e. The van der Waals surface area contributed by atoms with E-state index in [0.717, 1.165) is 19.5 Å². The van der Waals surface area contributed by atoms with Gasteiger partial charge in [0.05, 0.1) is 0 Å². The summed E-state index contributed by atoms with van der Waals surface area (Å²) in [5, 5.41) is 2.98. The zero-order valence-electron chi connectivity index (χ0n) is 17.4. The lowest BCUT2D eigenvalue weighted by Gasteiger charge is -2.33. The molecule has 0 aliphatic carbocycles. The van der Waals surface area contributed by atoms with E-state index in [-0.39, 0.29) is 30.6 Å². The van der Waals surface area contributed by atoms with Gasteiger partial charge in [-0.15, -0.1) is 0 Å². The Balaban J connectivity index is 1.22. The van der Waals surface area contributed by atoms with Gasteiger partial charge >= 0.3 is 0 Å². The fourth-order valence-corrected chi connectivity index (χ4v) is 3.96. The molecular weight excluding hydrogens is 380 g/mol. The molecule has 0 spiro atoms. The predicted octanol–water partition coefficient (Wildman–Crippen LogP) is 2.98. The van der Waals surface area contributed by atoms with Crippen molar-refractivity contribution in [1.82, 2.24) is 10.2 Å². The maximum atomic E-state index is 12.5. The fourth-order valence-electron chi connectivity index (χ4n) is 3.96. The summed E-state index contributed by atoms with van der Waals surface area (Å²) in [7, 11) is 0. The Kier molecular flexibility index (Phi) is 6.33. The van der Waals surface area contributed by atoms with Crippen LogP contribution in [-0.4, -0.2) is 48.9 Å². The number of ketones is 1. The molecule has 0 saturated carbocycles. The summed E-state index contributed by atoms with van der Waals surface area (Å²) < 4.78 is 11.0. The molecule has 0 radical (unpaired) electrons. The van der Waals surface area contributed by atoms with Gasteiger partial charge in [0.2, 0.25) is 5.91 Å². The molecule has 1 unspecified atom stereocenters. The van der Waals surface area contributed by atoms with E-state index in [4.69, 9.17) is 9.47 Å². The standard InChI is InChI=1S/C24H28N2O4/c1-17(26-11-10-18-4-2-3-5-20(18)16-26)15-25-24(28)9-7-21(27)19-6-8-22-23(14-19)30-13-12-29-22/h2-6,8,14,17H,7,9-13,15-16H2,1H3,(H,25,28). The first-order chi connectivity index (χ1) is 14.6. The zero-order chi connectivity index (χ0) is 20.9. The van der Waals surface area contributed by atoms with Crippen molar-refractivity contribution < 1.29 is 19.1 Å².